The Morgan fingerprint density at radius 1 is 1.03 bits per heavy atom. The molecule has 0 saturated heterocycles. The van der Waals surface area contributed by atoms with Gasteiger partial charge in [-0.3, -0.25) is 9.59 Å². The number of aromatic nitrogens is 2. The minimum Gasteiger partial charge on any atom is -0.334 e. The van der Waals surface area contributed by atoms with E-state index in [-0.39, 0.29) is 11.8 Å². The van der Waals surface area contributed by atoms with Crippen molar-refractivity contribution in [3.63, 3.8) is 0 Å². The third-order valence-electron chi connectivity index (χ3n) is 6.03. The normalized spacial score (nSPS) is 13.0. The molecule has 0 unspecified atom stereocenters. The molecule has 2 aromatic heterocycles. The molecule has 0 atom stereocenters. The first-order valence-electron chi connectivity index (χ1n) is 10.9. The lowest BCUT2D eigenvalue weighted by molar-refractivity contribution is 0.0735. The summed E-state index contributed by atoms with van der Waals surface area (Å²) in [5, 5.41) is 9.51. The highest BCUT2D eigenvalue weighted by Gasteiger charge is 2.24. The first-order chi connectivity index (χ1) is 16.0. The minimum atomic E-state index is -0.304. The summed E-state index contributed by atoms with van der Waals surface area (Å²) in [5.74, 6) is -0.314. The average Bonchev–Trinajstić information content (AvgIpc) is 3.46. The highest BCUT2D eigenvalue weighted by atomic mass is 32.1. The van der Waals surface area contributed by atoms with E-state index in [2.05, 4.69) is 21.9 Å². The van der Waals surface area contributed by atoms with Crippen LogP contribution in [0.1, 0.15) is 42.5 Å². The van der Waals surface area contributed by atoms with Crippen molar-refractivity contribution >= 4 is 28.8 Å². The zero-order valence-corrected chi connectivity index (χ0v) is 19.4. The highest BCUT2D eigenvalue weighted by molar-refractivity contribution is 7.10. The highest BCUT2D eigenvalue weighted by Crippen LogP contribution is 2.27. The zero-order chi connectivity index (χ0) is 22.9. The van der Waals surface area contributed by atoms with Crippen LogP contribution in [0, 0.1) is 13.8 Å². The van der Waals surface area contributed by atoms with E-state index in [0.717, 1.165) is 23.4 Å². The number of anilines is 1. The molecule has 0 spiro atoms. The van der Waals surface area contributed by atoms with E-state index >= 15 is 0 Å². The Labute approximate surface area is 196 Å². The maximum absolute atomic E-state index is 13.3. The molecule has 0 saturated carbocycles. The number of nitrogens with one attached hydrogen (secondary N) is 1. The largest absolute Gasteiger partial charge is 0.334 e. The first-order valence-corrected chi connectivity index (χ1v) is 11.8. The molecule has 0 aliphatic carbocycles. The van der Waals surface area contributed by atoms with Crippen LogP contribution in [-0.4, -0.2) is 33.0 Å². The molecule has 2 aromatic carbocycles. The summed E-state index contributed by atoms with van der Waals surface area (Å²) in [6, 6.07) is 19.0. The van der Waals surface area contributed by atoms with Crippen LogP contribution in [0.15, 0.2) is 66.0 Å². The van der Waals surface area contributed by atoms with Crippen molar-refractivity contribution in [2.75, 3.05) is 11.9 Å². The molecule has 1 aliphatic heterocycles. The van der Waals surface area contributed by atoms with E-state index in [1.165, 1.54) is 10.4 Å². The number of hydrogen-bond donors (Lipinski definition) is 1. The minimum absolute atomic E-state index is 0.00958. The summed E-state index contributed by atoms with van der Waals surface area (Å²) in [6.07, 6.45) is 0.887. The topological polar surface area (TPSA) is 67.2 Å². The fourth-order valence-electron chi connectivity index (χ4n) is 4.20. The Kier molecular flexibility index (Phi) is 5.56. The fourth-order valence-corrected chi connectivity index (χ4v) is 5.09. The van der Waals surface area contributed by atoms with Crippen LogP contribution in [0.4, 0.5) is 5.69 Å². The summed E-state index contributed by atoms with van der Waals surface area (Å²) in [7, 11) is 0. The molecule has 2 amide bonds. The van der Waals surface area contributed by atoms with E-state index < -0.39 is 0 Å². The number of benzene rings is 2. The molecule has 166 valence electrons. The molecule has 33 heavy (non-hydrogen) atoms. The van der Waals surface area contributed by atoms with Crippen molar-refractivity contribution in [3.8, 4) is 5.69 Å². The molecule has 1 N–H and O–H groups in total. The van der Waals surface area contributed by atoms with Crippen LogP contribution in [0.25, 0.3) is 5.69 Å². The van der Waals surface area contributed by atoms with Gasteiger partial charge in [0.05, 0.1) is 5.69 Å². The van der Waals surface area contributed by atoms with E-state index in [1.54, 1.807) is 22.1 Å². The lowest BCUT2D eigenvalue weighted by Crippen LogP contribution is -2.35. The summed E-state index contributed by atoms with van der Waals surface area (Å²) in [4.78, 5) is 29.5. The SMILES string of the molecule is Cc1c(NC(=O)c2cc(C)n(-c3ccccc3)n2)cccc1C(=O)N1CCc2sccc2C1. The molecule has 0 fully saturated rings. The van der Waals surface area contributed by atoms with Crippen molar-refractivity contribution in [1.82, 2.24) is 14.7 Å². The summed E-state index contributed by atoms with van der Waals surface area (Å²) < 4.78 is 1.75. The maximum atomic E-state index is 13.3. The summed E-state index contributed by atoms with van der Waals surface area (Å²) in [6.45, 7) is 5.12. The van der Waals surface area contributed by atoms with Gasteiger partial charge < -0.3 is 10.2 Å². The Bertz CT molecular complexity index is 1340. The lowest BCUT2D eigenvalue weighted by atomic mass is 10.0. The Morgan fingerprint density at radius 2 is 1.85 bits per heavy atom. The quantitative estimate of drug-likeness (QED) is 0.470. The van der Waals surface area contributed by atoms with Crippen molar-refractivity contribution in [1.29, 1.82) is 0 Å². The lowest BCUT2D eigenvalue weighted by Gasteiger charge is -2.28. The van der Waals surface area contributed by atoms with Gasteiger partial charge in [-0.25, -0.2) is 4.68 Å². The van der Waals surface area contributed by atoms with Crippen LogP contribution in [0.5, 0.6) is 0 Å². The second-order valence-corrected chi connectivity index (χ2v) is 9.20. The number of hydrogen-bond acceptors (Lipinski definition) is 4. The number of thiophene rings is 1. The molecule has 1 aliphatic rings. The van der Waals surface area contributed by atoms with Gasteiger partial charge in [-0.15, -0.1) is 11.3 Å². The zero-order valence-electron chi connectivity index (χ0n) is 18.5. The molecule has 5 rings (SSSR count). The number of rotatable bonds is 4. The predicted molar refractivity (Wildman–Crippen MR) is 130 cm³/mol. The number of carbonyl (C=O) groups excluding carboxylic acids is 2. The number of fused-ring (bicyclic) bond motifs is 1. The van der Waals surface area contributed by atoms with Crippen LogP contribution >= 0.6 is 11.3 Å². The van der Waals surface area contributed by atoms with E-state index in [0.29, 0.717) is 30.0 Å². The van der Waals surface area contributed by atoms with Crippen molar-refractivity contribution < 1.29 is 9.59 Å². The Balaban J connectivity index is 1.35. The van der Waals surface area contributed by atoms with Gasteiger partial charge in [-0.2, -0.15) is 5.10 Å². The second kappa shape index (κ2) is 8.67. The van der Waals surface area contributed by atoms with Gasteiger partial charge in [0.15, 0.2) is 5.69 Å². The molecule has 0 bridgehead atoms. The Morgan fingerprint density at radius 3 is 2.67 bits per heavy atom. The van der Waals surface area contributed by atoms with Crippen LogP contribution in [0.2, 0.25) is 0 Å². The van der Waals surface area contributed by atoms with Gasteiger partial charge in [0.1, 0.15) is 0 Å². The molecular formula is C26H24N4O2S. The molecule has 6 nitrogen and oxygen atoms in total. The maximum Gasteiger partial charge on any atom is 0.276 e. The average molecular weight is 457 g/mol. The smallest absolute Gasteiger partial charge is 0.276 e. The Hall–Kier alpha value is -3.71. The van der Waals surface area contributed by atoms with E-state index in [9.17, 15) is 9.59 Å². The van der Waals surface area contributed by atoms with Gasteiger partial charge in [0.25, 0.3) is 11.8 Å². The number of nitrogens with zero attached hydrogens (tertiary/aromatic N) is 3. The standard InChI is InChI=1S/C26H24N4O2S/c1-17-15-23(28-30(17)20-7-4-3-5-8-20)25(31)27-22-10-6-9-21(18(22)2)26(32)29-13-11-24-19(16-29)12-14-33-24/h3-10,12,14-15H,11,13,16H2,1-2H3,(H,27,31). The van der Waals surface area contributed by atoms with Crippen molar-refractivity contribution in [3.05, 3.63) is 99.0 Å². The monoisotopic (exact) mass is 456 g/mol. The van der Waals surface area contributed by atoms with E-state index in [4.69, 9.17) is 0 Å². The number of carbonyl (C=O) groups is 2. The third kappa shape index (κ3) is 4.07. The van der Waals surface area contributed by atoms with E-state index in [1.807, 2.05) is 67.3 Å². The van der Waals surface area contributed by atoms with Crippen LogP contribution in [0.3, 0.4) is 0 Å². The van der Waals surface area contributed by atoms with Crippen molar-refractivity contribution in [2.45, 2.75) is 26.8 Å². The molecule has 4 aromatic rings. The van der Waals surface area contributed by atoms with Crippen LogP contribution in [-0.2, 0) is 13.0 Å². The van der Waals surface area contributed by atoms with Gasteiger partial charge >= 0.3 is 0 Å². The van der Waals surface area contributed by atoms with Gasteiger partial charge in [0, 0.05) is 34.9 Å². The van der Waals surface area contributed by atoms with Gasteiger partial charge in [-0.1, -0.05) is 24.3 Å². The predicted octanol–water partition coefficient (Wildman–Crippen LogP) is 5.00. The molecular weight excluding hydrogens is 432 g/mol. The third-order valence-corrected chi connectivity index (χ3v) is 7.05. The number of amides is 2. The molecule has 0 radical (unpaired) electrons. The summed E-state index contributed by atoms with van der Waals surface area (Å²) in [5.41, 5.74) is 5.30. The molecule has 3 heterocycles. The number of aryl methyl sites for hydroxylation is 1. The fraction of sp³-hybridized carbons (Fsp3) is 0.192. The van der Waals surface area contributed by atoms with Crippen LogP contribution < -0.4 is 5.32 Å². The summed E-state index contributed by atoms with van der Waals surface area (Å²) >= 11 is 1.75. The van der Waals surface area contributed by atoms with Crippen molar-refractivity contribution in [2.24, 2.45) is 0 Å². The molecule has 7 heteroatoms. The first kappa shape index (κ1) is 21.2. The van der Waals surface area contributed by atoms with Gasteiger partial charge in [0.2, 0.25) is 0 Å². The number of para-hydroxylation sites is 1. The second-order valence-electron chi connectivity index (χ2n) is 8.20. The van der Waals surface area contributed by atoms with Gasteiger partial charge in [-0.05, 0) is 73.2 Å².